The first kappa shape index (κ1) is 18.4. The van der Waals surface area contributed by atoms with E-state index < -0.39 is 5.56 Å². The lowest BCUT2D eigenvalue weighted by molar-refractivity contribution is -0.152. The van der Waals surface area contributed by atoms with E-state index in [0.717, 1.165) is 6.42 Å². The Bertz CT molecular complexity index is 1030. The number of anilines is 2. The van der Waals surface area contributed by atoms with Crippen molar-refractivity contribution < 1.29 is 14.3 Å². The maximum Gasteiger partial charge on any atom is 0.308 e. The molecule has 0 bridgehead atoms. The third-order valence-corrected chi connectivity index (χ3v) is 5.05. The molecule has 0 aliphatic carbocycles. The highest BCUT2D eigenvalue weighted by Gasteiger charge is 2.36. The molecule has 0 radical (unpaired) electrons. The smallest absolute Gasteiger partial charge is 0.308 e. The first-order chi connectivity index (χ1) is 13.3. The molecule has 3 unspecified atom stereocenters. The minimum atomic E-state index is -0.415. The zero-order chi connectivity index (χ0) is 20.0. The highest BCUT2D eigenvalue weighted by molar-refractivity contribution is 6.10. The van der Waals surface area contributed by atoms with Crippen molar-refractivity contribution in [2.45, 2.75) is 39.5 Å². The van der Waals surface area contributed by atoms with Crippen molar-refractivity contribution >= 4 is 40.4 Å². The third-order valence-electron chi connectivity index (χ3n) is 5.05. The summed E-state index contributed by atoms with van der Waals surface area (Å²) >= 11 is 0. The molecule has 9 heteroatoms. The number of aromatic nitrogens is 2. The largest absolute Gasteiger partial charge is 0.463 e. The van der Waals surface area contributed by atoms with Crippen LogP contribution in [0.1, 0.15) is 33.4 Å². The number of carbonyl (C=O) groups is 1. The van der Waals surface area contributed by atoms with Crippen molar-refractivity contribution in [2.24, 2.45) is 16.8 Å². The molecule has 2 aromatic rings. The van der Waals surface area contributed by atoms with Gasteiger partial charge in [-0.15, -0.1) is 0 Å². The van der Waals surface area contributed by atoms with E-state index in [1.165, 1.54) is 12.4 Å². The van der Waals surface area contributed by atoms with Crippen LogP contribution < -0.4 is 16.6 Å². The van der Waals surface area contributed by atoms with Gasteiger partial charge in [0.15, 0.2) is 0 Å². The van der Waals surface area contributed by atoms with Gasteiger partial charge in [-0.1, -0.05) is 20.8 Å². The van der Waals surface area contributed by atoms with Gasteiger partial charge in [0.05, 0.1) is 23.7 Å². The van der Waals surface area contributed by atoms with Crippen LogP contribution in [0.5, 0.6) is 0 Å². The number of hydrogen-bond donors (Lipinski definition) is 2. The Morgan fingerprint density at radius 2 is 2.29 bits per heavy atom. The molecule has 0 spiro atoms. The number of nitrogens with zero attached hydrogens (tertiary/aromatic N) is 3. The zero-order valence-electron chi connectivity index (χ0n) is 16.0. The number of hydrogen-bond acceptors (Lipinski definition) is 8. The summed E-state index contributed by atoms with van der Waals surface area (Å²) in [5.74, 6) is 0.828. The maximum atomic E-state index is 11.9. The Balaban J connectivity index is 1.67. The van der Waals surface area contributed by atoms with E-state index in [4.69, 9.17) is 15.2 Å². The van der Waals surface area contributed by atoms with E-state index in [-0.39, 0.29) is 36.7 Å². The zero-order valence-corrected chi connectivity index (χ0v) is 16.0. The van der Waals surface area contributed by atoms with Crippen LogP contribution in [0.3, 0.4) is 0 Å². The second kappa shape index (κ2) is 6.90. The molecule has 2 aromatic heterocycles. The van der Waals surface area contributed by atoms with Gasteiger partial charge in [0.25, 0.3) is 5.56 Å². The van der Waals surface area contributed by atoms with Gasteiger partial charge in [-0.05, 0) is 6.42 Å². The fourth-order valence-electron chi connectivity index (χ4n) is 3.67. The lowest BCUT2D eigenvalue weighted by Crippen LogP contribution is -2.21. The number of nitrogens with two attached hydrogens (primary N) is 1. The lowest BCUT2D eigenvalue weighted by atomic mass is 10.1. The predicted molar refractivity (Wildman–Crippen MR) is 106 cm³/mol. The Kier molecular flexibility index (Phi) is 4.54. The molecule has 4 heterocycles. The van der Waals surface area contributed by atoms with Crippen molar-refractivity contribution in [3.63, 3.8) is 0 Å². The molecule has 0 aromatic carbocycles. The minimum absolute atomic E-state index is 0.170. The number of nitrogens with one attached hydrogen (secondary N) is 1. The summed E-state index contributed by atoms with van der Waals surface area (Å²) in [5, 5.41) is 4.29. The van der Waals surface area contributed by atoms with Crippen molar-refractivity contribution in [2.75, 3.05) is 17.7 Å². The summed E-state index contributed by atoms with van der Waals surface area (Å²) in [7, 11) is 0. The number of ether oxygens (including phenoxy) is 2. The average molecular weight is 385 g/mol. The van der Waals surface area contributed by atoms with Gasteiger partial charge in [-0.3, -0.25) is 9.59 Å². The topological polar surface area (TPSA) is 121 Å². The minimum Gasteiger partial charge on any atom is -0.463 e. The molecule has 2 aliphatic rings. The molecule has 4 rings (SSSR count). The maximum absolute atomic E-state index is 11.9. The van der Waals surface area contributed by atoms with Crippen LogP contribution in [0.4, 0.5) is 17.3 Å². The molecular formula is C19H23N5O4. The quantitative estimate of drug-likeness (QED) is 0.774. The van der Waals surface area contributed by atoms with E-state index >= 15 is 0 Å². The fraction of sp³-hybridized carbons (Fsp3) is 0.474. The Morgan fingerprint density at radius 3 is 3.04 bits per heavy atom. The molecule has 3 atom stereocenters. The van der Waals surface area contributed by atoms with Crippen molar-refractivity contribution in [1.29, 1.82) is 0 Å². The van der Waals surface area contributed by atoms with Gasteiger partial charge in [0.2, 0.25) is 0 Å². The molecule has 3 N–H and O–H groups in total. The molecule has 9 nitrogen and oxygen atoms in total. The van der Waals surface area contributed by atoms with Crippen LogP contribution in [0.25, 0.3) is 10.8 Å². The van der Waals surface area contributed by atoms with Crippen LogP contribution in [0.15, 0.2) is 22.1 Å². The first-order valence-corrected chi connectivity index (χ1v) is 9.31. The third kappa shape index (κ3) is 3.11. The van der Waals surface area contributed by atoms with Crippen molar-refractivity contribution in [3.05, 3.63) is 22.6 Å². The monoisotopic (exact) mass is 385 g/mol. The van der Waals surface area contributed by atoms with Gasteiger partial charge in [0.1, 0.15) is 24.5 Å². The highest BCUT2D eigenvalue weighted by atomic mass is 16.6. The summed E-state index contributed by atoms with van der Waals surface area (Å²) in [4.78, 5) is 32.1. The predicted octanol–water partition coefficient (Wildman–Crippen LogP) is 2.19. The number of esters is 1. The molecule has 2 aliphatic heterocycles. The Hall–Kier alpha value is -2.94. The van der Waals surface area contributed by atoms with Crippen molar-refractivity contribution in [1.82, 2.24) is 9.55 Å². The van der Waals surface area contributed by atoms with E-state index in [9.17, 15) is 9.59 Å². The average Bonchev–Trinajstić information content (AvgIpc) is 3.16. The van der Waals surface area contributed by atoms with Gasteiger partial charge in [-0.2, -0.15) is 4.98 Å². The van der Waals surface area contributed by atoms with E-state index in [0.29, 0.717) is 28.1 Å². The Labute approximate surface area is 161 Å². The van der Waals surface area contributed by atoms with E-state index in [1.807, 2.05) is 10.8 Å². The second-order valence-corrected chi connectivity index (χ2v) is 7.60. The highest BCUT2D eigenvalue weighted by Crippen LogP contribution is 2.43. The van der Waals surface area contributed by atoms with E-state index in [2.05, 4.69) is 22.2 Å². The summed E-state index contributed by atoms with van der Waals surface area (Å²) in [6, 6.07) is 1.31. The summed E-state index contributed by atoms with van der Waals surface area (Å²) < 4.78 is 13.4. The van der Waals surface area contributed by atoms with Crippen LogP contribution >= 0.6 is 0 Å². The lowest BCUT2D eigenvalue weighted by Gasteiger charge is -2.20. The molecule has 148 valence electrons. The second-order valence-electron chi connectivity index (χ2n) is 7.60. The standard InChI is InChI=1S/C19H23N5O4/c1-9(2)19(26)27-7-11-4-10(3)18(28-11)24-6-12-13(20)5-14(25)23-16-15(12)17(24)22-8-21-16/h5-6,8-11,18H,4,7,20H2,1-3H3,(H,21,22,23,25). The van der Waals surface area contributed by atoms with Gasteiger partial charge in [-0.25, -0.2) is 4.99 Å². The number of nitrogen functional groups attached to an aromatic ring is 1. The number of carbonyl (C=O) groups excluding carboxylic acids is 1. The van der Waals surface area contributed by atoms with Gasteiger partial charge < -0.3 is 25.1 Å². The van der Waals surface area contributed by atoms with Gasteiger partial charge >= 0.3 is 5.97 Å². The molecular weight excluding hydrogens is 362 g/mol. The summed E-state index contributed by atoms with van der Waals surface area (Å²) in [6.07, 6.45) is 3.62. The molecule has 0 saturated carbocycles. The molecule has 28 heavy (non-hydrogen) atoms. The normalized spacial score (nSPS) is 23.2. The van der Waals surface area contributed by atoms with Crippen LogP contribution in [0.2, 0.25) is 0 Å². The van der Waals surface area contributed by atoms with Crippen LogP contribution in [-0.2, 0) is 14.3 Å². The number of aliphatic imine (C=N–C) groups is 1. The van der Waals surface area contributed by atoms with Crippen LogP contribution in [-0.4, -0.2) is 34.6 Å². The Morgan fingerprint density at radius 1 is 1.50 bits per heavy atom. The van der Waals surface area contributed by atoms with Crippen LogP contribution in [0, 0.1) is 11.8 Å². The SMILES string of the molecule is CC(C)C(=O)OCC1CC(C)C(n2cc3c(N)cc(=O)nc4c3c2N=CN4)O1. The number of rotatable bonds is 4. The van der Waals surface area contributed by atoms with Gasteiger partial charge in [0, 0.05) is 29.3 Å². The summed E-state index contributed by atoms with van der Waals surface area (Å²) in [5.41, 5.74) is 6.03. The first-order valence-electron chi connectivity index (χ1n) is 9.31. The fourth-order valence-corrected chi connectivity index (χ4v) is 3.67. The van der Waals surface area contributed by atoms with Crippen molar-refractivity contribution in [3.8, 4) is 0 Å². The molecule has 0 amide bonds. The van der Waals surface area contributed by atoms with E-state index in [1.54, 1.807) is 13.8 Å². The molecule has 1 fully saturated rings. The molecule has 1 saturated heterocycles. The summed E-state index contributed by atoms with van der Waals surface area (Å²) in [6.45, 7) is 5.90.